The molecule has 24 heavy (non-hydrogen) atoms. The molecule has 3 N–H and O–H groups in total. The number of anilines is 1. The Labute approximate surface area is 149 Å². The van der Waals surface area contributed by atoms with Crippen LogP contribution in [0.1, 0.15) is 15.9 Å². The highest BCUT2D eigenvalue weighted by molar-refractivity contribution is 6.38. The summed E-state index contributed by atoms with van der Waals surface area (Å²) in [4.78, 5) is 12.0. The molecule has 0 radical (unpaired) electrons. The van der Waals surface area contributed by atoms with Crippen LogP contribution in [0.5, 0.6) is 11.5 Å². The Morgan fingerprint density at radius 2 is 1.92 bits per heavy atom. The zero-order valence-corrected chi connectivity index (χ0v) is 14.5. The minimum atomic E-state index is -0.400. The van der Waals surface area contributed by atoms with E-state index in [4.69, 9.17) is 38.4 Å². The van der Waals surface area contributed by atoms with Crippen molar-refractivity contribution in [1.82, 2.24) is 5.43 Å². The summed E-state index contributed by atoms with van der Waals surface area (Å²) in [6.07, 6.45) is 1.38. The van der Waals surface area contributed by atoms with Crippen LogP contribution in [-0.4, -0.2) is 26.3 Å². The van der Waals surface area contributed by atoms with E-state index in [1.165, 1.54) is 20.4 Å². The Balaban J connectivity index is 2.21. The van der Waals surface area contributed by atoms with Crippen LogP contribution in [0.2, 0.25) is 10.0 Å². The minimum absolute atomic E-state index is 0.219. The predicted octanol–water partition coefficient (Wildman–Crippen LogP) is 3.36. The molecule has 1 amide bonds. The lowest BCUT2D eigenvalue weighted by Crippen LogP contribution is -2.17. The van der Waals surface area contributed by atoms with E-state index in [0.717, 1.165) is 0 Å². The topological polar surface area (TPSA) is 85.9 Å². The second-order valence-corrected chi connectivity index (χ2v) is 5.44. The van der Waals surface area contributed by atoms with Gasteiger partial charge < -0.3 is 15.2 Å². The third kappa shape index (κ3) is 3.90. The molecule has 0 unspecified atom stereocenters. The Morgan fingerprint density at radius 1 is 1.21 bits per heavy atom. The molecule has 2 aromatic rings. The molecule has 0 aromatic heterocycles. The number of rotatable bonds is 5. The van der Waals surface area contributed by atoms with Gasteiger partial charge in [-0.05, 0) is 24.3 Å². The first-order valence-corrected chi connectivity index (χ1v) is 7.52. The normalized spacial score (nSPS) is 10.7. The lowest BCUT2D eigenvalue weighted by molar-refractivity contribution is 0.0955. The van der Waals surface area contributed by atoms with Gasteiger partial charge in [-0.15, -0.1) is 0 Å². The number of nitrogens with zero attached hydrogens (tertiary/aromatic N) is 1. The molecule has 0 saturated carbocycles. The quantitative estimate of drug-likeness (QED) is 0.481. The number of nitrogen functional groups attached to an aromatic ring is 1. The lowest BCUT2D eigenvalue weighted by atomic mass is 10.2. The van der Waals surface area contributed by atoms with E-state index >= 15 is 0 Å². The standard InChI is InChI=1S/C16H15Cl2N3O3/c1-23-14-10(7-12(17)15(24-2)13(14)18)8-20-21-16(22)9-4-3-5-11(19)6-9/h3-8H,19H2,1-2H3,(H,21,22)/b20-8-. The summed E-state index contributed by atoms with van der Waals surface area (Å²) in [7, 11) is 2.91. The van der Waals surface area contributed by atoms with Crippen LogP contribution >= 0.6 is 23.2 Å². The predicted molar refractivity (Wildman–Crippen MR) is 95.5 cm³/mol. The number of nitrogens with two attached hydrogens (primary N) is 1. The van der Waals surface area contributed by atoms with Crippen molar-refractivity contribution in [2.24, 2.45) is 5.10 Å². The number of nitrogens with one attached hydrogen (secondary N) is 1. The number of halogens is 2. The van der Waals surface area contributed by atoms with Crippen molar-refractivity contribution in [2.45, 2.75) is 0 Å². The first kappa shape index (κ1) is 17.9. The maximum Gasteiger partial charge on any atom is 0.271 e. The van der Waals surface area contributed by atoms with Gasteiger partial charge in [0.05, 0.1) is 25.5 Å². The van der Waals surface area contributed by atoms with Gasteiger partial charge in [-0.1, -0.05) is 29.3 Å². The molecule has 2 aromatic carbocycles. The molecule has 0 aliphatic carbocycles. The molecule has 6 nitrogen and oxygen atoms in total. The fourth-order valence-corrected chi connectivity index (χ4v) is 2.70. The van der Waals surface area contributed by atoms with Crippen molar-refractivity contribution < 1.29 is 14.3 Å². The first-order valence-electron chi connectivity index (χ1n) is 6.76. The molecule has 0 fully saturated rings. The van der Waals surface area contributed by atoms with Crippen LogP contribution in [0.4, 0.5) is 5.69 Å². The molecule has 0 saturated heterocycles. The fraction of sp³-hybridized carbons (Fsp3) is 0.125. The van der Waals surface area contributed by atoms with E-state index in [-0.39, 0.29) is 5.02 Å². The maximum absolute atomic E-state index is 12.0. The molecule has 8 heteroatoms. The highest BCUT2D eigenvalue weighted by Gasteiger charge is 2.16. The molecule has 0 heterocycles. The smallest absolute Gasteiger partial charge is 0.271 e. The van der Waals surface area contributed by atoms with Crippen molar-refractivity contribution in [3.8, 4) is 11.5 Å². The summed E-state index contributed by atoms with van der Waals surface area (Å²) in [6, 6.07) is 8.11. The van der Waals surface area contributed by atoms with E-state index in [1.807, 2.05) is 0 Å². The van der Waals surface area contributed by atoms with Crippen molar-refractivity contribution in [3.05, 3.63) is 51.5 Å². The number of amides is 1. The van der Waals surface area contributed by atoms with E-state index in [0.29, 0.717) is 33.3 Å². The molecular weight excluding hydrogens is 353 g/mol. The van der Waals surface area contributed by atoms with Gasteiger partial charge in [-0.25, -0.2) is 5.43 Å². The van der Waals surface area contributed by atoms with Crippen LogP contribution in [0.15, 0.2) is 35.4 Å². The summed E-state index contributed by atoms with van der Waals surface area (Å²) in [6.45, 7) is 0. The molecule has 0 atom stereocenters. The maximum atomic E-state index is 12.0. The number of hydrazone groups is 1. The van der Waals surface area contributed by atoms with Crippen LogP contribution in [-0.2, 0) is 0 Å². The number of carbonyl (C=O) groups excluding carboxylic acids is 1. The largest absolute Gasteiger partial charge is 0.494 e. The molecule has 0 aliphatic heterocycles. The van der Waals surface area contributed by atoms with E-state index in [2.05, 4.69) is 10.5 Å². The van der Waals surface area contributed by atoms with Crippen LogP contribution in [0, 0.1) is 0 Å². The lowest BCUT2D eigenvalue weighted by Gasteiger charge is -2.12. The Kier molecular flexibility index (Phi) is 5.89. The summed E-state index contributed by atoms with van der Waals surface area (Å²) < 4.78 is 10.4. The van der Waals surface area contributed by atoms with Gasteiger partial charge in [0, 0.05) is 16.8 Å². The van der Waals surface area contributed by atoms with E-state index in [9.17, 15) is 4.79 Å². The summed E-state index contributed by atoms with van der Waals surface area (Å²) in [5, 5.41) is 4.41. The second-order valence-electron chi connectivity index (χ2n) is 4.65. The molecule has 126 valence electrons. The molecule has 0 spiro atoms. The van der Waals surface area contributed by atoms with Crippen molar-refractivity contribution >= 4 is 41.0 Å². The van der Waals surface area contributed by atoms with E-state index < -0.39 is 5.91 Å². The SMILES string of the molecule is COc1c(Cl)cc(/C=N\NC(=O)c2cccc(N)c2)c(OC)c1Cl. The van der Waals surface area contributed by atoms with Crippen LogP contribution in [0.3, 0.4) is 0 Å². The molecule has 0 aliphatic rings. The van der Waals surface area contributed by atoms with Gasteiger partial charge in [0.15, 0.2) is 5.75 Å². The van der Waals surface area contributed by atoms with Gasteiger partial charge >= 0.3 is 0 Å². The summed E-state index contributed by atoms with van der Waals surface area (Å²) in [5.41, 5.74) is 9.40. The van der Waals surface area contributed by atoms with Crippen molar-refractivity contribution in [2.75, 3.05) is 20.0 Å². The van der Waals surface area contributed by atoms with Gasteiger partial charge in [0.25, 0.3) is 5.91 Å². The fourth-order valence-electron chi connectivity index (χ4n) is 2.00. The zero-order valence-electron chi connectivity index (χ0n) is 13.0. The number of hydrogen-bond donors (Lipinski definition) is 2. The number of carbonyl (C=O) groups is 1. The van der Waals surface area contributed by atoms with E-state index in [1.54, 1.807) is 30.3 Å². The molecule has 2 rings (SSSR count). The highest BCUT2D eigenvalue weighted by Crippen LogP contribution is 2.41. The average molecular weight is 368 g/mol. The van der Waals surface area contributed by atoms with Gasteiger partial charge in [0.2, 0.25) is 0 Å². The Morgan fingerprint density at radius 3 is 2.54 bits per heavy atom. The third-order valence-corrected chi connectivity index (χ3v) is 3.71. The average Bonchev–Trinajstić information content (AvgIpc) is 2.55. The van der Waals surface area contributed by atoms with Crippen LogP contribution in [0.25, 0.3) is 0 Å². The van der Waals surface area contributed by atoms with Gasteiger partial charge in [0.1, 0.15) is 10.8 Å². The number of ether oxygens (including phenoxy) is 2. The third-order valence-electron chi connectivity index (χ3n) is 3.09. The molecule has 0 bridgehead atoms. The Bertz CT molecular complexity index is 794. The first-order chi connectivity index (χ1) is 11.5. The highest BCUT2D eigenvalue weighted by atomic mass is 35.5. The monoisotopic (exact) mass is 367 g/mol. The Hall–Kier alpha value is -2.44. The minimum Gasteiger partial charge on any atom is -0.494 e. The van der Waals surface area contributed by atoms with Crippen LogP contribution < -0.4 is 20.6 Å². The second kappa shape index (κ2) is 7.90. The summed E-state index contributed by atoms with van der Waals surface area (Å²) in [5.74, 6) is 0.235. The van der Waals surface area contributed by atoms with Crippen molar-refractivity contribution in [1.29, 1.82) is 0 Å². The number of benzene rings is 2. The zero-order chi connectivity index (χ0) is 17.7. The van der Waals surface area contributed by atoms with Crippen molar-refractivity contribution in [3.63, 3.8) is 0 Å². The number of hydrogen-bond acceptors (Lipinski definition) is 5. The molecular formula is C16H15Cl2N3O3. The number of methoxy groups -OCH3 is 2. The van der Waals surface area contributed by atoms with Gasteiger partial charge in [-0.2, -0.15) is 5.10 Å². The summed E-state index contributed by atoms with van der Waals surface area (Å²) >= 11 is 12.3. The van der Waals surface area contributed by atoms with Gasteiger partial charge in [-0.3, -0.25) is 4.79 Å².